The van der Waals surface area contributed by atoms with Gasteiger partial charge in [0.25, 0.3) is 0 Å². The zero-order valence-electron chi connectivity index (χ0n) is 8.55. The summed E-state index contributed by atoms with van der Waals surface area (Å²) < 4.78 is 0. The molecule has 0 rings (SSSR count). The van der Waals surface area contributed by atoms with Crippen LogP contribution in [0.25, 0.3) is 0 Å². The molecule has 0 saturated heterocycles. The van der Waals surface area contributed by atoms with Gasteiger partial charge in [-0.05, 0) is 12.3 Å². The van der Waals surface area contributed by atoms with Crippen LogP contribution in [-0.2, 0) is 0 Å². The maximum atomic E-state index is 5.70. The SMILES string of the molecule is CCC(C)CCCCC(N)CN. The van der Waals surface area contributed by atoms with Crippen LogP contribution < -0.4 is 11.5 Å². The van der Waals surface area contributed by atoms with Gasteiger partial charge in [-0.1, -0.05) is 39.5 Å². The largest absolute Gasteiger partial charge is 0.329 e. The Kier molecular flexibility index (Phi) is 7.51. The molecule has 0 bridgehead atoms. The van der Waals surface area contributed by atoms with Gasteiger partial charge in [-0.3, -0.25) is 0 Å². The van der Waals surface area contributed by atoms with Crippen molar-refractivity contribution in [3.05, 3.63) is 0 Å². The van der Waals surface area contributed by atoms with E-state index in [4.69, 9.17) is 11.5 Å². The minimum Gasteiger partial charge on any atom is -0.329 e. The van der Waals surface area contributed by atoms with Gasteiger partial charge in [0.1, 0.15) is 0 Å². The molecule has 0 aliphatic heterocycles. The molecule has 0 amide bonds. The lowest BCUT2D eigenvalue weighted by Crippen LogP contribution is -2.29. The monoisotopic (exact) mass is 172 g/mol. The highest BCUT2D eigenvalue weighted by Gasteiger charge is 2.01. The van der Waals surface area contributed by atoms with Crippen molar-refractivity contribution in [1.29, 1.82) is 0 Å². The van der Waals surface area contributed by atoms with E-state index >= 15 is 0 Å². The summed E-state index contributed by atoms with van der Waals surface area (Å²) in [5.74, 6) is 0.874. The van der Waals surface area contributed by atoms with Gasteiger partial charge in [0.15, 0.2) is 0 Å². The van der Waals surface area contributed by atoms with Crippen molar-refractivity contribution >= 4 is 0 Å². The smallest absolute Gasteiger partial charge is 0.0163 e. The van der Waals surface area contributed by atoms with Crippen LogP contribution in [0.3, 0.4) is 0 Å². The number of unbranched alkanes of at least 4 members (excludes halogenated alkanes) is 1. The fraction of sp³-hybridized carbons (Fsp3) is 1.00. The molecular weight excluding hydrogens is 148 g/mol. The Hall–Kier alpha value is -0.0800. The average Bonchev–Trinajstić information content (AvgIpc) is 2.11. The van der Waals surface area contributed by atoms with Crippen molar-refractivity contribution in [2.75, 3.05) is 6.54 Å². The molecule has 2 heteroatoms. The van der Waals surface area contributed by atoms with Gasteiger partial charge in [-0.2, -0.15) is 0 Å². The highest BCUT2D eigenvalue weighted by molar-refractivity contribution is 4.61. The van der Waals surface area contributed by atoms with Crippen molar-refractivity contribution in [1.82, 2.24) is 0 Å². The zero-order chi connectivity index (χ0) is 9.40. The molecule has 0 fully saturated rings. The van der Waals surface area contributed by atoms with Crippen LogP contribution in [0.2, 0.25) is 0 Å². The van der Waals surface area contributed by atoms with E-state index in [1.165, 1.54) is 25.7 Å². The highest BCUT2D eigenvalue weighted by atomic mass is 14.7. The number of nitrogens with two attached hydrogens (primary N) is 2. The number of hydrogen-bond donors (Lipinski definition) is 2. The van der Waals surface area contributed by atoms with Gasteiger partial charge >= 0.3 is 0 Å². The van der Waals surface area contributed by atoms with Crippen LogP contribution >= 0.6 is 0 Å². The topological polar surface area (TPSA) is 52.0 Å². The van der Waals surface area contributed by atoms with E-state index in [2.05, 4.69) is 13.8 Å². The Morgan fingerprint density at radius 3 is 2.25 bits per heavy atom. The molecule has 4 N–H and O–H groups in total. The van der Waals surface area contributed by atoms with E-state index in [1.807, 2.05) is 0 Å². The lowest BCUT2D eigenvalue weighted by atomic mass is 10.00. The van der Waals surface area contributed by atoms with E-state index in [9.17, 15) is 0 Å². The summed E-state index contributed by atoms with van der Waals surface area (Å²) in [6.07, 6.45) is 6.27. The average molecular weight is 172 g/mol. The standard InChI is InChI=1S/C10H24N2/c1-3-9(2)6-4-5-7-10(12)8-11/h9-10H,3-8,11-12H2,1-2H3. The van der Waals surface area contributed by atoms with Crippen molar-refractivity contribution in [2.45, 2.75) is 52.0 Å². The normalized spacial score (nSPS) is 16.0. The van der Waals surface area contributed by atoms with Crippen LogP contribution in [0.4, 0.5) is 0 Å². The Morgan fingerprint density at radius 1 is 1.17 bits per heavy atom. The second kappa shape index (κ2) is 7.56. The molecule has 2 unspecified atom stereocenters. The zero-order valence-corrected chi connectivity index (χ0v) is 8.55. The first-order valence-corrected chi connectivity index (χ1v) is 5.16. The van der Waals surface area contributed by atoms with Gasteiger partial charge in [0, 0.05) is 12.6 Å². The Balaban J connectivity index is 3.10. The molecular formula is C10H24N2. The Bertz CT molecular complexity index is 81.8. The third kappa shape index (κ3) is 6.62. The second-order valence-corrected chi connectivity index (χ2v) is 3.79. The fourth-order valence-corrected chi connectivity index (χ4v) is 1.22. The molecule has 0 radical (unpaired) electrons. The molecule has 0 aromatic heterocycles. The van der Waals surface area contributed by atoms with Crippen molar-refractivity contribution in [3.8, 4) is 0 Å². The predicted molar refractivity (Wildman–Crippen MR) is 55.0 cm³/mol. The molecule has 2 atom stereocenters. The van der Waals surface area contributed by atoms with Crippen LogP contribution in [0, 0.1) is 5.92 Å². The summed E-state index contributed by atoms with van der Waals surface area (Å²) in [6.45, 7) is 5.18. The molecule has 0 aliphatic rings. The fourth-order valence-electron chi connectivity index (χ4n) is 1.22. The van der Waals surface area contributed by atoms with Gasteiger partial charge < -0.3 is 11.5 Å². The molecule has 0 spiro atoms. The maximum Gasteiger partial charge on any atom is 0.0163 e. The van der Waals surface area contributed by atoms with Gasteiger partial charge in [0.2, 0.25) is 0 Å². The third-order valence-electron chi connectivity index (χ3n) is 2.52. The Morgan fingerprint density at radius 2 is 1.75 bits per heavy atom. The van der Waals surface area contributed by atoms with E-state index in [-0.39, 0.29) is 6.04 Å². The first-order chi connectivity index (χ1) is 5.70. The summed E-state index contributed by atoms with van der Waals surface area (Å²) in [4.78, 5) is 0. The van der Waals surface area contributed by atoms with Gasteiger partial charge in [0.05, 0.1) is 0 Å². The lowest BCUT2D eigenvalue weighted by molar-refractivity contribution is 0.464. The maximum absolute atomic E-state index is 5.70. The predicted octanol–water partition coefficient (Wildman–Crippen LogP) is 1.88. The van der Waals surface area contributed by atoms with E-state index in [0.717, 1.165) is 12.3 Å². The van der Waals surface area contributed by atoms with Crippen LogP contribution in [0.1, 0.15) is 46.0 Å². The molecule has 0 aromatic carbocycles. The summed E-state index contributed by atoms with van der Waals surface area (Å²) in [7, 11) is 0. The summed E-state index contributed by atoms with van der Waals surface area (Å²) in [5, 5.41) is 0. The molecule has 0 saturated carbocycles. The molecule has 12 heavy (non-hydrogen) atoms. The summed E-state index contributed by atoms with van der Waals surface area (Å²) >= 11 is 0. The van der Waals surface area contributed by atoms with Crippen LogP contribution in [0.5, 0.6) is 0 Å². The minimum atomic E-state index is 0.224. The first-order valence-electron chi connectivity index (χ1n) is 5.16. The van der Waals surface area contributed by atoms with Crippen molar-refractivity contribution in [3.63, 3.8) is 0 Å². The molecule has 0 aliphatic carbocycles. The summed E-state index contributed by atoms with van der Waals surface area (Å²) in [6, 6.07) is 0.224. The van der Waals surface area contributed by atoms with Crippen molar-refractivity contribution < 1.29 is 0 Å². The first kappa shape index (κ1) is 11.9. The quantitative estimate of drug-likeness (QED) is 0.576. The molecule has 74 valence electrons. The number of hydrogen-bond acceptors (Lipinski definition) is 2. The van der Waals surface area contributed by atoms with E-state index in [0.29, 0.717) is 6.54 Å². The van der Waals surface area contributed by atoms with Crippen LogP contribution in [0.15, 0.2) is 0 Å². The molecule has 2 nitrogen and oxygen atoms in total. The van der Waals surface area contributed by atoms with E-state index < -0.39 is 0 Å². The molecule has 0 heterocycles. The number of rotatable bonds is 7. The summed E-state index contributed by atoms with van der Waals surface area (Å²) in [5.41, 5.74) is 11.1. The van der Waals surface area contributed by atoms with Gasteiger partial charge in [-0.25, -0.2) is 0 Å². The molecule has 0 aromatic rings. The second-order valence-electron chi connectivity index (χ2n) is 3.79. The minimum absolute atomic E-state index is 0.224. The lowest BCUT2D eigenvalue weighted by Gasteiger charge is -2.10. The van der Waals surface area contributed by atoms with Crippen LogP contribution in [-0.4, -0.2) is 12.6 Å². The van der Waals surface area contributed by atoms with Gasteiger partial charge in [-0.15, -0.1) is 0 Å². The third-order valence-corrected chi connectivity index (χ3v) is 2.52. The Labute approximate surface area is 76.7 Å². The highest BCUT2D eigenvalue weighted by Crippen LogP contribution is 2.12. The van der Waals surface area contributed by atoms with Crippen molar-refractivity contribution in [2.24, 2.45) is 17.4 Å². The van der Waals surface area contributed by atoms with E-state index in [1.54, 1.807) is 0 Å².